The first-order valence-corrected chi connectivity index (χ1v) is 10.2. The van der Waals surface area contributed by atoms with Crippen LogP contribution in [0.1, 0.15) is 47.9 Å². The maximum atomic E-state index is 6.45. The lowest BCUT2D eigenvalue weighted by Crippen LogP contribution is -2.45. The average Bonchev–Trinajstić information content (AvgIpc) is 3.11. The molecule has 3 nitrogen and oxygen atoms in total. The van der Waals surface area contributed by atoms with Gasteiger partial charge in [-0.05, 0) is 60.9 Å². The van der Waals surface area contributed by atoms with Gasteiger partial charge < -0.3 is 10.5 Å². The second kappa shape index (κ2) is 5.67. The highest BCUT2D eigenvalue weighted by Gasteiger charge is 2.61. The zero-order valence-electron chi connectivity index (χ0n) is 15.0. The van der Waals surface area contributed by atoms with Crippen molar-refractivity contribution in [1.29, 1.82) is 0 Å². The Morgan fingerprint density at radius 1 is 1.12 bits per heavy atom. The molecule has 0 radical (unpaired) electrons. The third kappa shape index (κ3) is 2.00. The summed E-state index contributed by atoms with van der Waals surface area (Å²) in [5.74, 6) is 0.682. The Balaban J connectivity index is 1.76. The molecule has 1 atom stereocenters. The van der Waals surface area contributed by atoms with Crippen LogP contribution >= 0.6 is 15.9 Å². The number of hydrogen-bond acceptors (Lipinski definition) is 3. The molecule has 1 saturated carbocycles. The van der Waals surface area contributed by atoms with Gasteiger partial charge in [0.25, 0.3) is 0 Å². The molecule has 4 heteroatoms. The number of aliphatic imine (C=N–C) groups is 1. The summed E-state index contributed by atoms with van der Waals surface area (Å²) < 4.78 is 6.77. The van der Waals surface area contributed by atoms with Crippen molar-refractivity contribution in [3.8, 4) is 0 Å². The summed E-state index contributed by atoms with van der Waals surface area (Å²) in [6.07, 6.45) is 5.84. The number of halogens is 1. The Labute approximate surface area is 162 Å². The number of ether oxygens (including phenoxy) is 1. The van der Waals surface area contributed by atoms with Crippen molar-refractivity contribution < 1.29 is 4.74 Å². The number of amidine groups is 1. The number of nitrogens with zero attached hydrogens (tertiary/aromatic N) is 1. The second-order valence-corrected chi connectivity index (χ2v) is 8.86. The summed E-state index contributed by atoms with van der Waals surface area (Å²) in [7, 11) is 1.83. The molecular weight excluding hydrogens is 388 g/mol. The maximum absolute atomic E-state index is 6.45. The van der Waals surface area contributed by atoms with Gasteiger partial charge in [-0.25, -0.2) is 0 Å². The molecule has 0 saturated heterocycles. The summed E-state index contributed by atoms with van der Waals surface area (Å²) in [6.45, 7) is 0. The summed E-state index contributed by atoms with van der Waals surface area (Å²) in [5, 5.41) is 0. The van der Waals surface area contributed by atoms with Crippen LogP contribution in [-0.2, 0) is 16.7 Å². The van der Waals surface area contributed by atoms with Crippen LogP contribution in [0.2, 0.25) is 0 Å². The predicted octanol–water partition coefficient (Wildman–Crippen LogP) is 4.54. The molecule has 2 aromatic carbocycles. The highest BCUT2D eigenvalue weighted by atomic mass is 79.9. The van der Waals surface area contributed by atoms with E-state index in [0.29, 0.717) is 11.9 Å². The van der Waals surface area contributed by atoms with Gasteiger partial charge in [-0.1, -0.05) is 46.3 Å². The monoisotopic (exact) mass is 410 g/mol. The van der Waals surface area contributed by atoms with E-state index < -0.39 is 0 Å². The molecule has 2 aromatic rings. The molecular formula is C22H23BrN2O. The normalized spacial score (nSPS) is 31.9. The van der Waals surface area contributed by atoms with Crippen molar-refractivity contribution in [1.82, 2.24) is 0 Å². The van der Waals surface area contributed by atoms with E-state index in [9.17, 15) is 0 Å². The first-order valence-electron chi connectivity index (χ1n) is 9.36. The van der Waals surface area contributed by atoms with Crippen molar-refractivity contribution in [2.45, 2.75) is 43.7 Å². The van der Waals surface area contributed by atoms with Gasteiger partial charge >= 0.3 is 0 Å². The van der Waals surface area contributed by atoms with Gasteiger partial charge in [-0.3, -0.25) is 4.99 Å². The van der Waals surface area contributed by atoms with Crippen LogP contribution in [0.25, 0.3) is 0 Å². The van der Waals surface area contributed by atoms with E-state index >= 15 is 0 Å². The number of hydrogen-bond donors (Lipinski definition) is 1. The molecule has 0 aromatic heterocycles. The summed E-state index contributed by atoms with van der Waals surface area (Å²) in [5.41, 5.74) is 11.3. The number of fused-ring (bicyclic) bond motifs is 5. The SMILES string of the molecule is COC1CCC2(CC1)Cc1ccc(Br)cc1C21N=C(N)c2ccccc21. The minimum Gasteiger partial charge on any atom is -0.383 e. The molecule has 1 heterocycles. The number of rotatable bonds is 1. The number of nitrogens with two attached hydrogens (primary N) is 1. The van der Waals surface area contributed by atoms with E-state index in [1.807, 2.05) is 7.11 Å². The molecule has 1 unspecified atom stereocenters. The summed E-state index contributed by atoms with van der Waals surface area (Å²) in [6, 6.07) is 15.2. The Morgan fingerprint density at radius 3 is 2.65 bits per heavy atom. The van der Waals surface area contributed by atoms with E-state index in [0.717, 1.165) is 42.1 Å². The Morgan fingerprint density at radius 2 is 1.88 bits per heavy atom. The highest BCUT2D eigenvalue weighted by Crippen LogP contribution is 2.64. The van der Waals surface area contributed by atoms with Gasteiger partial charge in [0.1, 0.15) is 11.4 Å². The van der Waals surface area contributed by atoms with Crippen LogP contribution in [-0.4, -0.2) is 19.0 Å². The van der Waals surface area contributed by atoms with Crippen LogP contribution in [0.5, 0.6) is 0 Å². The largest absolute Gasteiger partial charge is 0.383 e. The van der Waals surface area contributed by atoms with Crippen molar-refractivity contribution in [2.24, 2.45) is 16.1 Å². The van der Waals surface area contributed by atoms with Gasteiger partial charge in [-0.15, -0.1) is 0 Å². The zero-order valence-corrected chi connectivity index (χ0v) is 16.6. The fourth-order valence-corrected chi connectivity index (χ4v) is 6.03. The highest BCUT2D eigenvalue weighted by molar-refractivity contribution is 9.10. The fourth-order valence-electron chi connectivity index (χ4n) is 5.67. The molecule has 0 amide bonds. The number of methoxy groups -OCH3 is 1. The van der Waals surface area contributed by atoms with Gasteiger partial charge in [-0.2, -0.15) is 0 Å². The topological polar surface area (TPSA) is 47.6 Å². The van der Waals surface area contributed by atoms with E-state index in [2.05, 4.69) is 58.4 Å². The summed E-state index contributed by atoms with van der Waals surface area (Å²) >= 11 is 3.68. The predicted molar refractivity (Wildman–Crippen MR) is 107 cm³/mol. The Kier molecular flexibility index (Phi) is 3.60. The molecule has 1 aliphatic heterocycles. The minimum atomic E-state index is -0.356. The molecule has 2 spiro atoms. The molecule has 3 aliphatic rings. The fraction of sp³-hybridized carbons (Fsp3) is 0.409. The van der Waals surface area contributed by atoms with Crippen LogP contribution in [0.15, 0.2) is 51.9 Å². The van der Waals surface area contributed by atoms with Crippen molar-refractivity contribution in [3.05, 3.63) is 69.2 Å². The smallest absolute Gasteiger partial charge is 0.127 e. The maximum Gasteiger partial charge on any atom is 0.127 e. The molecule has 134 valence electrons. The Hall–Kier alpha value is -1.65. The third-order valence-electron chi connectivity index (χ3n) is 6.86. The quantitative estimate of drug-likeness (QED) is 0.749. The third-order valence-corrected chi connectivity index (χ3v) is 7.36. The average molecular weight is 411 g/mol. The number of benzene rings is 2. The minimum absolute atomic E-state index is 0.0857. The van der Waals surface area contributed by atoms with Crippen molar-refractivity contribution in [3.63, 3.8) is 0 Å². The molecule has 5 rings (SSSR count). The van der Waals surface area contributed by atoms with Gasteiger partial charge in [0.2, 0.25) is 0 Å². The molecule has 0 bridgehead atoms. The lowest BCUT2D eigenvalue weighted by molar-refractivity contribution is 0.00684. The standard InChI is InChI=1S/C22H23BrN2O/c1-26-16-8-10-21(11-9-16)13-14-6-7-15(23)12-19(14)22(21)18-5-3-2-4-17(18)20(24)25-22/h2-7,12,16H,8-11,13H2,1H3,(H2,24,25). The zero-order chi connectivity index (χ0) is 17.9. The molecule has 26 heavy (non-hydrogen) atoms. The van der Waals surface area contributed by atoms with Crippen LogP contribution in [0.4, 0.5) is 0 Å². The van der Waals surface area contributed by atoms with Gasteiger partial charge in [0.15, 0.2) is 0 Å². The van der Waals surface area contributed by atoms with Gasteiger partial charge in [0.05, 0.1) is 6.10 Å². The lowest BCUT2D eigenvalue weighted by Gasteiger charge is -2.47. The Bertz CT molecular complexity index is 914. The first-order chi connectivity index (χ1) is 12.6. The molecule has 1 fully saturated rings. The van der Waals surface area contributed by atoms with E-state index in [1.165, 1.54) is 16.7 Å². The van der Waals surface area contributed by atoms with E-state index in [-0.39, 0.29) is 11.0 Å². The molecule has 2 aliphatic carbocycles. The van der Waals surface area contributed by atoms with Crippen molar-refractivity contribution in [2.75, 3.05) is 7.11 Å². The van der Waals surface area contributed by atoms with E-state index in [4.69, 9.17) is 15.5 Å². The summed E-state index contributed by atoms with van der Waals surface area (Å²) in [4.78, 5) is 5.23. The molecule has 2 N–H and O–H groups in total. The second-order valence-electron chi connectivity index (χ2n) is 7.95. The van der Waals surface area contributed by atoms with Gasteiger partial charge in [0, 0.05) is 22.6 Å². The van der Waals surface area contributed by atoms with Crippen LogP contribution in [0.3, 0.4) is 0 Å². The van der Waals surface area contributed by atoms with Crippen molar-refractivity contribution >= 4 is 21.8 Å². The van der Waals surface area contributed by atoms with Crippen LogP contribution < -0.4 is 5.73 Å². The first kappa shape index (κ1) is 16.5. The lowest BCUT2D eigenvalue weighted by atomic mass is 9.59. The van der Waals surface area contributed by atoms with Crippen LogP contribution in [0, 0.1) is 5.41 Å². The van der Waals surface area contributed by atoms with E-state index in [1.54, 1.807) is 0 Å².